The van der Waals surface area contributed by atoms with Crippen LogP contribution >= 0.6 is 11.3 Å². The lowest BCUT2D eigenvalue weighted by molar-refractivity contribution is 0.222. The van der Waals surface area contributed by atoms with Gasteiger partial charge in [-0.15, -0.1) is 21.5 Å². The maximum absolute atomic E-state index is 5.98. The highest BCUT2D eigenvalue weighted by atomic mass is 32.1. The zero-order valence-electron chi connectivity index (χ0n) is 14.2. The van der Waals surface area contributed by atoms with Gasteiger partial charge in [0.05, 0.1) is 11.4 Å². The van der Waals surface area contributed by atoms with Crippen molar-refractivity contribution in [2.75, 3.05) is 6.54 Å². The quantitative estimate of drug-likeness (QED) is 0.708. The molecule has 3 heterocycles. The molecule has 1 aromatic carbocycles. The third-order valence-electron chi connectivity index (χ3n) is 5.24. The molecule has 128 valence electrons. The second-order valence-corrected chi connectivity index (χ2v) is 8.13. The Labute approximate surface area is 151 Å². The van der Waals surface area contributed by atoms with E-state index in [-0.39, 0.29) is 0 Å². The average Bonchev–Trinajstić information content (AvgIpc) is 3.28. The van der Waals surface area contributed by atoms with Crippen LogP contribution in [-0.2, 0) is 32.4 Å². The summed E-state index contributed by atoms with van der Waals surface area (Å²) in [5.74, 6) is 1.41. The van der Waals surface area contributed by atoms with E-state index >= 15 is 0 Å². The van der Waals surface area contributed by atoms with Gasteiger partial charge in [0.15, 0.2) is 0 Å². The number of aromatic nitrogens is 2. The lowest BCUT2D eigenvalue weighted by atomic mass is 9.99. The van der Waals surface area contributed by atoms with Gasteiger partial charge in [-0.3, -0.25) is 4.90 Å². The Bertz CT molecular complexity index is 874. The predicted octanol–water partition coefficient (Wildman–Crippen LogP) is 4.24. The number of thiophene rings is 1. The fourth-order valence-electron chi connectivity index (χ4n) is 3.89. The molecule has 4 nitrogen and oxygen atoms in total. The number of fused-ring (bicyclic) bond motifs is 2. The minimum atomic E-state index is 0.687. The second kappa shape index (κ2) is 6.39. The van der Waals surface area contributed by atoms with Gasteiger partial charge < -0.3 is 4.42 Å². The molecule has 0 bridgehead atoms. The third-order valence-corrected chi connectivity index (χ3v) is 6.47. The number of hydrogen-bond donors (Lipinski definition) is 0. The summed E-state index contributed by atoms with van der Waals surface area (Å²) in [6.07, 6.45) is 6.09. The van der Waals surface area contributed by atoms with Crippen LogP contribution in [0.15, 0.2) is 34.7 Å². The zero-order valence-corrected chi connectivity index (χ0v) is 15.0. The predicted molar refractivity (Wildman–Crippen MR) is 98.5 cm³/mol. The van der Waals surface area contributed by atoms with E-state index in [2.05, 4.69) is 45.4 Å². The fraction of sp³-hybridized carbons (Fsp3) is 0.400. The summed E-state index contributed by atoms with van der Waals surface area (Å²) in [4.78, 5) is 5.03. The Balaban J connectivity index is 1.31. The Morgan fingerprint density at radius 3 is 2.80 bits per heavy atom. The van der Waals surface area contributed by atoms with Crippen molar-refractivity contribution in [3.05, 3.63) is 57.8 Å². The molecule has 0 N–H and O–H groups in total. The van der Waals surface area contributed by atoms with Gasteiger partial charge in [-0.25, -0.2) is 0 Å². The van der Waals surface area contributed by atoms with Gasteiger partial charge in [-0.05, 0) is 54.9 Å². The summed E-state index contributed by atoms with van der Waals surface area (Å²) in [7, 11) is 0. The molecule has 0 unspecified atom stereocenters. The molecule has 3 aromatic rings. The minimum Gasteiger partial charge on any atom is -0.419 e. The molecule has 25 heavy (non-hydrogen) atoms. The minimum absolute atomic E-state index is 0.687. The molecule has 2 aliphatic rings. The van der Waals surface area contributed by atoms with Crippen LogP contribution in [0, 0.1) is 0 Å². The summed E-state index contributed by atoms with van der Waals surface area (Å²) in [5, 5.41) is 8.60. The SMILES string of the molecule is c1ccc2c(c1)CCN(Cc1nnc(-c3cc4c(s3)CCCC4)o1)C2. The van der Waals surface area contributed by atoms with E-state index in [4.69, 9.17) is 4.42 Å². The van der Waals surface area contributed by atoms with Crippen molar-refractivity contribution in [3.63, 3.8) is 0 Å². The van der Waals surface area contributed by atoms with Crippen LogP contribution in [0.5, 0.6) is 0 Å². The Morgan fingerprint density at radius 1 is 1.00 bits per heavy atom. The molecule has 0 saturated carbocycles. The van der Waals surface area contributed by atoms with E-state index in [9.17, 15) is 0 Å². The van der Waals surface area contributed by atoms with Gasteiger partial charge in [0, 0.05) is 18.0 Å². The highest BCUT2D eigenvalue weighted by molar-refractivity contribution is 7.15. The van der Waals surface area contributed by atoms with E-state index in [1.807, 2.05) is 11.3 Å². The molecule has 0 saturated heterocycles. The highest BCUT2D eigenvalue weighted by Gasteiger charge is 2.20. The third kappa shape index (κ3) is 3.02. The average molecular weight is 351 g/mol. The van der Waals surface area contributed by atoms with Crippen LogP contribution in [-0.4, -0.2) is 21.6 Å². The number of benzene rings is 1. The lowest BCUT2D eigenvalue weighted by Crippen LogP contribution is -2.30. The van der Waals surface area contributed by atoms with Crippen molar-refractivity contribution in [1.82, 2.24) is 15.1 Å². The standard InChI is InChI=1S/C20H21N3OS/c1-2-7-16-12-23(10-9-14(16)5-1)13-19-21-22-20(24-19)18-11-15-6-3-4-8-17(15)25-18/h1-2,5,7,11H,3-4,6,8-10,12-13H2. The molecule has 0 fully saturated rings. The molecule has 2 aromatic heterocycles. The van der Waals surface area contributed by atoms with Gasteiger partial charge in [0.25, 0.3) is 5.89 Å². The summed E-state index contributed by atoms with van der Waals surface area (Å²) >= 11 is 1.83. The van der Waals surface area contributed by atoms with Crippen LogP contribution in [0.1, 0.15) is 40.3 Å². The van der Waals surface area contributed by atoms with Crippen molar-refractivity contribution >= 4 is 11.3 Å². The van der Waals surface area contributed by atoms with Crippen LogP contribution in [0.4, 0.5) is 0 Å². The first-order valence-electron chi connectivity index (χ1n) is 9.08. The first kappa shape index (κ1) is 15.3. The summed E-state index contributed by atoms with van der Waals surface area (Å²) in [6, 6.07) is 11.0. The van der Waals surface area contributed by atoms with E-state index in [1.165, 1.54) is 47.3 Å². The molecule has 5 rings (SSSR count). The summed E-state index contributed by atoms with van der Waals surface area (Å²) < 4.78 is 5.98. The van der Waals surface area contributed by atoms with Crippen molar-refractivity contribution in [3.8, 4) is 10.8 Å². The van der Waals surface area contributed by atoms with Gasteiger partial charge in [0.2, 0.25) is 5.89 Å². The number of nitrogens with zero attached hydrogens (tertiary/aromatic N) is 3. The highest BCUT2D eigenvalue weighted by Crippen LogP contribution is 2.35. The van der Waals surface area contributed by atoms with Crippen LogP contribution in [0.2, 0.25) is 0 Å². The van der Waals surface area contributed by atoms with Crippen molar-refractivity contribution in [1.29, 1.82) is 0 Å². The Morgan fingerprint density at radius 2 is 1.88 bits per heavy atom. The van der Waals surface area contributed by atoms with Gasteiger partial charge in [-0.2, -0.15) is 0 Å². The second-order valence-electron chi connectivity index (χ2n) is 7.00. The monoisotopic (exact) mass is 351 g/mol. The number of hydrogen-bond acceptors (Lipinski definition) is 5. The zero-order chi connectivity index (χ0) is 16.6. The normalized spacial score (nSPS) is 17.3. The molecule has 0 atom stereocenters. The van der Waals surface area contributed by atoms with E-state index < -0.39 is 0 Å². The first-order chi connectivity index (χ1) is 12.3. The van der Waals surface area contributed by atoms with Crippen LogP contribution in [0.3, 0.4) is 0 Å². The molecular weight excluding hydrogens is 330 g/mol. The van der Waals surface area contributed by atoms with Crippen molar-refractivity contribution in [2.24, 2.45) is 0 Å². The van der Waals surface area contributed by atoms with Crippen molar-refractivity contribution in [2.45, 2.75) is 45.2 Å². The Hall–Kier alpha value is -1.98. The Kier molecular flexibility index (Phi) is 3.91. The maximum atomic E-state index is 5.98. The number of rotatable bonds is 3. The summed E-state index contributed by atoms with van der Waals surface area (Å²) in [6.45, 7) is 2.73. The van der Waals surface area contributed by atoms with Gasteiger partial charge in [0.1, 0.15) is 0 Å². The molecule has 1 aliphatic carbocycles. The molecule has 0 spiro atoms. The van der Waals surface area contributed by atoms with Crippen LogP contribution in [0.25, 0.3) is 10.8 Å². The molecule has 1 aliphatic heterocycles. The van der Waals surface area contributed by atoms with Gasteiger partial charge >= 0.3 is 0 Å². The van der Waals surface area contributed by atoms with E-state index in [1.54, 1.807) is 0 Å². The van der Waals surface area contributed by atoms with E-state index in [0.717, 1.165) is 36.8 Å². The van der Waals surface area contributed by atoms with Crippen molar-refractivity contribution < 1.29 is 4.42 Å². The van der Waals surface area contributed by atoms with Crippen LogP contribution < -0.4 is 0 Å². The maximum Gasteiger partial charge on any atom is 0.257 e. The molecule has 5 heteroatoms. The van der Waals surface area contributed by atoms with E-state index in [0.29, 0.717) is 5.89 Å². The topological polar surface area (TPSA) is 42.2 Å². The molecule has 0 radical (unpaired) electrons. The molecular formula is C20H21N3OS. The van der Waals surface area contributed by atoms with Gasteiger partial charge in [-0.1, -0.05) is 24.3 Å². The first-order valence-corrected chi connectivity index (χ1v) is 9.90. The largest absolute Gasteiger partial charge is 0.419 e. The lowest BCUT2D eigenvalue weighted by Gasteiger charge is -2.27. The molecule has 0 amide bonds. The smallest absolute Gasteiger partial charge is 0.257 e. The summed E-state index contributed by atoms with van der Waals surface area (Å²) in [5.41, 5.74) is 4.37. The fourth-order valence-corrected chi connectivity index (χ4v) is 5.07. The number of aryl methyl sites for hydroxylation is 2.